The molecule has 0 aliphatic rings. The fourth-order valence-electron chi connectivity index (χ4n) is 1.89. The molecular weight excluding hydrogens is 356 g/mol. The first kappa shape index (κ1) is 16.6. The number of ether oxygens (including phenoxy) is 2. The molecule has 0 saturated carbocycles. The Morgan fingerprint density at radius 3 is 2.39 bits per heavy atom. The minimum atomic E-state index is 0.0361. The third-order valence-corrected chi connectivity index (χ3v) is 3.58. The Labute approximate surface area is 143 Å². The van der Waals surface area contributed by atoms with Gasteiger partial charge < -0.3 is 9.47 Å². The number of nitriles is 2. The lowest BCUT2D eigenvalue weighted by molar-refractivity contribution is 0.284. The third kappa shape index (κ3) is 4.60. The number of allylic oxidation sites excluding steroid dienone is 1. The molecule has 0 saturated heterocycles. The van der Waals surface area contributed by atoms with Gasteiger partial charge in [0.05, 0.1) is 7.11 Å². The molecule has 4 nitrogen and oxygen atoms in total. The van der Waals surface area contributed by atoms with E-state index in [-0.39, 0.29) is 5.57 Å². The molecular formula is C18H13BrN2O2. The van der Waals surface area contributed by atoms with Crippen molar-refractivity contribution < 1.29 is 9.47 Å². The standard InChI is InChI=1S/C18H13BrN2O2/c1-22-17-7-4-14(8-15(10-20)11-21)9-18(17)23-12-13-2-5-16(19)6-3-13/h2-9H,12H2,1H3. The van der Waals surface area contributed by atoms with Gasteiger partial charge in [-0.1, -0.05) is 34.1 Å². The predicted molar refractivity (Wildman–Crippen MR) is 90.7 cm³/mol. The second-order valence-corrected chi connectivity index (χ2v) is 5.52. The lowest BCUT2D eigenvalue weighted by Gasteiger charge is -2.11. The van der Waals surface area contributed by atoms with Crippen molar-refractivity contribution in [3.05, 3.63) is 63.6 Å². The Morgan fingerprint density at radius 2 is 1.78 bits per heavy atom. The zero-order valence-corrected chi connectivity index (χ0v) is 14.0. The maximum atomic E-state index is 8.83. The molecule has 0 fully saturated rings. The highest BCUT2D eigenvalue weighted by Gasteiger charge is 2.06. The Kier molecular flexibility index (Phi) is 5.80. The van der Waals surface area contributed by atoms with Gasteiger partial charge >= 0.3 is 0 Å². The molecule has 0 atom stereocenters. The van der Waals surface area contributed by atoms with E-state index in [2.05, 4.69) is 15.9 Å². The highest BCUT2D eigenvalue weighted by molar-refractivity contribution is 9.10. The second-order valence-electron chi connectivity index (χ2n) is 4.61. The molecule has 0 aromatic heterocycles. The summed E-state index contributed by atoms with van der Waals surface area (Å²) in [5.41, 5.74) is 1.76. The largest absolute Gasteiger partial charge is 0.493 e. The lowest BCUT2D eigenvalue weighted by atomic mass is 10.1. The molecule has 2 aromatic rings. The summed E-state index contributed by atoms with van der Waals surface area (Å²) in [4.78, 5) is 0. The maximum absolute atomic E-state index is 8.83. The molecule has 0 aliphatic heterocycles. The van der Waals surface area contributed by atoms with Crippen molar-refractivity contribution in [1.82, 2.24) is 0 Å². The molecule has 0 spiro atoms. The molecule has 0 radical (unpaired) electrons. The first-order valence-corrected chi connectivity index (χ1v) is 7.52. The SMILES string of the molecule is COc1ccc(C=C(C#N)C#N)cc1OCc1ccc(Br)cc1. The summed E-state index contributed by atoms with van der Waals surface area (Å²) in [6.07, 6.45) is 1.51. The number of halogens is 1. The van der Waals surface area contributed by atoms with Crippen LogP contribution in [0.1, 0.15) is 11.1 Å². The van der Waals surface area contributed by atoms with E-state index in [1.807, 2.05) is 36.4 Å². The molecule has 2 rings (SSSR count). The van der Waals surface area contributed by atoms with Gasteiger partial charge in [-0.05, 0) is 41.5 Å². The Morgan fingerprint density at radius 1 is 1.09 bits per heavy atom. The quantitative estimate of drug-likeness (QED) is 0.730. The maximum Gasteiger partial charge on any atom is 0.162 e. The van der Waals surface area contributed by atoms with Gasteiger partial charge in [0.15, 0.2) is 11.5 Å². The normalized spacial score (nSPS) is 9.39. The van der Waals surface area contributed by atoms with Crippen LogP contribution in [0.2, 0.25) is 0 Å². The average molecular weight is 369 g/mol. The van der Waals surface area contributed by atoms with Crippen LogP contribution in [-0.2, 0) is 6.61 Å². The molecule has 0 bridgehead atoms. The number of benzene rings is 2. The number of nitrogens with zero attached hydrogens (tertiary/aromatic N) is 2. The molecule has 0 amide bonds. The van der Waals surface area contributed by atoms with Crippen molar-refractivity contribution >= 4 is 22.0 Å². The van der Waals surface area contributed by atoms with Gasteiger partial charge in [-0.25, -0.2) is 0 Å². The molecule has 23 heavy (non-hydrogen) atoms. The summed E-state index contributed by atoms with van der Waals surface area (Å²) >= 11 is 3.39. The molecule has 0 aliphatic carbocycles. The van der Waals surface area contributed by atoms with Crippen LogP contribution >= 0.6 is 15.9 Å². The van der Waals surface area contributed by atoms with E-state index in [0.717, 1.165) is 10.0 Å². The fourth-order valence-corrected chi connectivity index (χ4v) is 2.16. The molecule has 0 unspecified atom stereocenters. The highest BCUT2D eigenvalue weighted by Crippen LogP contribution is 2.29. The number of hydrogen-bond donors (Lipinski definition) is 0. The highest BCUT2D eigenvalue weighted by atomic mass is 79.9. The molecule has 0 heterocycles. The minimum absolute atomic E-state index is 0.0361. The van der Waals surface area contributed by atoms with Crippen LogP contribution in [0.4, 0.5) is 0 Å². The van der Waals surface area contributed by atoms with Crippen LogP contribution < -0.4 is 9.47 Å². The lowest BCUT2D eigenvalue weighted by Crippen LogP contribution is -1.98. The predicted octanol–water partition coefficient (Wildman–Crippen LogP) is 4.47. The van der Waals surface area contributed by atoms with E-state index in [1.54, 1.807) is 25.3 Å². The summed E-state index contributed by atoms with van der Waals surface area (Å²) < 4.78 is 12.1. The summed E-state index contributed by atoms with van der Waals surface area (Å²) in [6.45, 7) is 0.389. The Hall–Kier alpha value is -2.76. The number of rotatable bonds is 5. The molecule has 114 valence electrons. The van der Waals surface area contributed by atoms with E-state index >= 15 is 0 Å². The van der Waals surface area contributed by atoms with E-state index in [4.69, 9.17) is 20.0 Å². The van der Waals surface area contributed by atoms with Crippen molar-refractivity contribution in [3.63, 3.8) is 0 Å². The van der Waals surface area contributed by atoms with Gasteiger partial charge in [-0.15, -0.1) is 0 Å². The van der Waals surface area contributed by atoms with Gasteiger partial charge in [0.25, 0.3) is 0 Å². The van der Waals surface area contributed by atoms with Crippen LogP contribution in [0.3, 0.4) is 0 Å². The summed E-state index contributed by atoms with van der Waals surface area (Å²) in [5, 5.41) is 17.7. The van der Waals surface area contributed by atoms with Gasteiger partial charge in [-0.3, -0.25) is 0 Å². The molecule has 0 N–H and O–H groups in total. The van der Waals surface area contributed by atoms with Crippen LogP contribution in [0.15, 0.2) is 52.5 Å². The van der Waals surface area contributed by atoms with Gasteiger partial charge in [-0.2, -0.15) is 10.5 Å². The fraction of sp³-hybridized carbons (Fsp3) is 0.111. The van der Waals surface area contributed by atoms with Crippen LogP contribution in [0, 0.1) is 22.7 Å². The van der Waals surface area contributed by atoms with E-state index in [0.29, 0.717) is 23.7 Å². The Balaban J connectivity index is 2.22. The van der Waals surface area contributed by atoms with Crippen molar-refractivity contribution in [2.24, 2.45) is 0 Å². The van der Waals surface area contributed by atoms with Gasteiger partial charge in [0.1, 0.15) is 24.3 Å². The van der Waals surface area contributed by atoms with Crippen molar-refractivity contribution in [3.8, 4) is 23.6 Å². The third-order valence-electron chi connectivity index (χ3n) is 3.05. The van der Waals surface area contributed by atoms with Crippen molar-refractivity contribution in [2.75, 3.05) is 7.11 Å². The zero-order chi connectivity index (χ0) is 16.7. The summed E-state index contributed by atoms with van der Waals surface area (Å²) in [6, 6.07) is 16.7. The van der Waals surface area contributed by atoms with E-state index < -0.39 is 0 Å². The van der Waals surface area contributed by atoms with Gasteiger partial charge in [0.2, 0.25) is 0 Å². The van der Waals surface area contributed by atoms with Gasteiger partial charge in [0, 0.05) is 4.47 Å². The zero-order valence-electron chi connectivity index (χ0n) is 12.4. The van der Waals surface area contributed by atoms with Crippen LogP contribution in [0.5, 0.6) is 11.5 Å². The van der Waals surface area contributed by atoms with E-state index in [9.17, 15) is 0 Å². The number of hydrogen-bond acceptors (Lipinski definition) is 4. The first-order valence-electron chi connectivity index (χ1n) is 6.73. The topological polar surface area (TPSA) is 66.0 Å². The molecule has 2 aromatic carbocycles. The Bertz CT molecular complexity index is 783. The summed E-state index contributed by atoms with van der Waals surface area (Å²) in [5.74, 6) is 1.15. The van der Waals surface area contributed by atoms with E-state index in [1.165, 1.54) is 6.08 Å². The molecule has 5 heteroatoms. The van der Waals surface area contributed by atoms with Crippen molar-refractivity contribution in [2.45, 2.75) is 6.61 Å². The first-order chi connectivity index (χ1) is 11.2. The van der Waals surface area contributed by atoms with Crippen molar-refractivity contribution in [1.29, 1.82) is 10.5 Å². The number of methoxy groups -OCH3 is 1. The smallest absolute Gasteiger partial charge is 0.162 e. The average Bonchev–Trinajstić information content (AvgIpc) is 2.59. The summed E-state index contributed by atoms with van der Waals surface area (Å²) in [7, 11) is 1.56. The monoisotopic (exact) mass is 368 g/mol. The second kappa shape index (κ2) is 8.03. The van der Waals surface area contributed by atoms with Crippen LogP contribution in [-0.4, -0.2) is 7.11 Å². The minimum Gasteiger partial charge on any atom is -0.493 e. The van der Waals surface area contributed by atoms with Crippen LogP contribution in [0.25, 0.3) is 6.08 Å².